The highest BCUT2D eigenvalue weighted by atomic mass is 16.7. The van der Waals surface area contributed by atoms with E-state index in [1.807, 2.05) is 0 Å². The number of aliphatic carboxylic acids is 1. The first kappa shape index (κ1) is 27.4. The molecule has 0 aromatic heterocycles. The van der Waals surface area contributed by atoms with Crippen LogP contribution in [0.3, 0.4) is 0 Å². The van der Waals surface area contributed by atoms with Gasteiger partial charge >= 0.3 is 5.97 Å². The highest BCUT2D eigenvalue weighted by Crippen LogP contribution is 2.67. The number of carbonyl (C=O) groups is 2. The van der Waals surface area contributed by atoms with Crippen LogP contribution in [0.25, 0.3) is 0 Å². The van der Waals surface area contributed by atoms with E-state index in [2.05, 4.69) is 13.8 Å². The van der Waals surface area contributed by atoms with Crippen LogP contribution in [-0.4, -0.2) is 91.9 Å². The Kier molecular flexibility index (Phi) is 7.26. The van der Waals surface area contributed by atoms with Gasteiger partial charge in [-0.2, -0.15) is 0 Å². The molecule has 10 heteroatoms. The fraction of sp³-hybridized carbons (Fsp3) is 0.926. The van der Waals surface area contributed by atoms with E-state index in [0.29, 0.717) is 30.6 Å². The fourth-order valence-electron chi connectivity index (χ4n) is 9.34. The first-order valence-electron chi connectivity index (χ1n) is 13.8. The van der Waals surface area contributed by atoms with E-state index in [1.165, 1.54) is 0 Å². The number of ketones is 1. The highest BCUT2D eigenvalue weighted by Gasteiger charge is 2.64. The molecule has 5 fully saturated rings. The lowest BCUT2D eigenvalue weighted by Gasteiger charge is -2.62. The van der Waals surface area contributed by atoms with E-state index in [9.17, 15) is 40.2 Å². The van der Waals surface area contributed by atoms with Gasteiger partial charge in [-0.25, -0.2) is 4.79 Å². The zero-order valence-corrected chi connectivity index (χ0v) is 21.6. The highest BCUT2D eigenvalue weighted by molar-refractivity contribution is 5.83. The van der Waals surface area contributed by atoms with Gasteiger partial charge in [0.2, 0.25) is 0 Å². The van der Waals surface area contributed by atoms with Crippen LogP contribution in [0.2, 0.25) is 0 Å². The van der Waals surface area contributed by atoms with Crippen molar-refractivity contribution in [3.05, 3.63) is 0 Å². The third-order valence-corrected chi connectivity index (χ3v) is 11.2. The molecule has 37 heavy (non-hydrogen) atoms. The maximum Gasteiger partial charge on any atom is 0.335 e. The molecular weight excluding hydrogens is 484 g/mol. The van der Waals surface area contributed by atoms with Gasteiger partial charge in [-0.05, 0) is 85.9 Å². The Balaban J connectivity index is 1.27. The number of hydrogen-bond acceptors (Lipinski definition) is 9. The molecule has 0 spiro atoms. The van der Waals surface area contributed by atoms with Crippen LogP contribution in [0.1, 0.15) is 65.2 Å². The number of carboxylic acid groups (broad SMARTS) is 1. The van der Waals surface area contributed by atoms with Crippen molar-refractivity contribution in [2.24, 2.45) is 40.4 Å². The molecular formula is C27H42O10. The Labute approximate surface area is 217 Å². The number of aliphatic hydroxyl groups is 5. The van der Waals surface area contributed by atoms with E-state index < -0.39 is 54.8 Å². The smallest absolute Gasteiger partial charge is 0.335 e. The molecule has 1 saturated heterocycles. The van der Waals surface area contributed by atoms with Crippen molar-refractivity contribution in [1.82, 2.24) is 0 Å². The largest absolute Gasteiger partial charge is 0.479 e. The molecule has 0 radical (unpaired) electrons. The molecule has 0 aromatic rings. The molecule has 10 nitrogen and oxygen atoms in total. The normalized spacial score (nSPS) is 53.6. The van der Waals surface area contributed by atoms with Gasteiger partial charge < -0.3 is 40.1 Å². The number of ether oxygens (including phenoxy) is 2. The summed E-state index contributed by atoms with van der Waals surface area (Å²) in [5.74, 6) is -0.864. The van der Waals surface area contributed by atoms with Crippen molar-refractivity contribution in [3.8, 4) is 0 Å². The number of fused-ring (bicyclic) bond motifs is 5. The molecule has 210 valence electrons. The van der Waals surface area contributed by atoms with Crippen LogP contribution >= 0.6 is 0 Å². The summed E-state index contributed by atoms with van der Waals surface area (Å²) in [6, 6.07) is 0. The predicted molar refractivity (Wildman–Crippen MR) is 128 cm³/mol. The second kappa shape index (κ2) is 9.80. The molecule has 1 aliphatic heterocycles. The lowest BCUT2D eigenvalue weighted by Crippen LogP contribution is -2.60. The quantitative estimate of drug-likeness (QED) is 0.295. The molecule has 5 rings (SSSR count). The van der Waals surface area contributed by atoms with Gasteiger partial charge in [0.1, 0.15) is 24.9 Å². The van der Waals surface area contributed by atoms with Crippen LogP contribution < -0.4 is 0 Å². The summed E-state index contributed by atoms with van der Waals surface area (Å²) in [4.78, 5) is 24.8. The Hall–Kier alpha value is -1.14. The summed E-state index contributed by atoms with van der Waals surface area (Å²) in [6.45, 7) is 3.97. The Morgan fingerprint density at radius 3 is 2.35 bits per heavy atom. The summed E-state index contributed by atoms with van der Waals surface area (Å²) in [5.41, 5.74) is -0.404. The number of hydrogen-bond donors (Lipinski definition) is 6. The molecule has 1 heterocycles. The number of aliphatic hydroxyl groups excluding tert-OH is 5. The monoisotopic (exact) mass is 526 g/mol. The van der Waals surface area contributed by atoms with Crippen molar-refractivity contribution in [1.29, 1.82) is 0 Å². The van der Waals surface area contributed by atoms with Crippen LogP contribution in [0, 0.1) is 40.4 Å². The maximum atomic E-state index is 13.4. The van der Waals surface area contributed by atoms with E-state index in [1.54, 1.807) is 0 Å². The van der Waals surface area contributed by atoms with Crippen LogP contribution in [0.4, 0.5) is 0 Å². The minimum absolute atomic E-state index is 0.00532. The van der Waals surface area contributed by atoms with Crippen molar-refractivity contribution >= 4 is 11.8 Å². The average Bonchev–Trinajstić information content (AvgIpc) is 3.18. The van der Waals surface area contributed by atoms with Crippen molar-refractivity contribution in [2.45, 2.75) is 108 Å². The molecule has 0 aromatic carbocycles. The fourth-order valence-corrected chi connectivity index (χ4v) is 9.34. The average molecular weight is 527 g/mol. The summed E-state index contributed by atoms with van der Waals surface area (Å²) >= 11 is 0. The number of carbonyl (C=O) groups excluding carboxylic acids is 1. The number of carboxylic acids is 1. The topological polar surface area (TPSA) is 174 Å². The summed E-state index contributed by atoms with van der Waals surface area (Å²) in [5, 5.41) is 61.1. The van der Waals surface area contributed by atoms with Gasteiger partial charge in [-0.1, -0.05) is 13.8 Å². The van der Waals surface area contributed by atoms with Crippen molar-refractivity contribution < 1.29 is 49.7 Å². The second-order valence-electron chi connectivity index (χ2n) is 12.9. The Morgan fingerprint density at radius 2 is 1.65 bits per heavy atom. The SMILES string of the molecule is C[C@]12CC[C@@H](O)C[C@@H]1CC[C@@H]1[C@@H]2[C@H](O)C[C@]2(C)[C@@H](C(=O)COC3O[C@H](C(=O)O)[C@@H](O)[C@H](O)[C@H]3O)CC[C@@H]12. The zero-order valence-electron chi connectivity index (χ0n) is 21.6. The third kappa shape index (κ3) is 4.37. The van der Waals surface area contributed by atoms with E-state index in [-0.39, 0.29) is 29.1 Å². The molecule has 0 amide bonds. The molecule has 14 atom stereocenters. The lowest BCUT2D eigenvalue weighted by molar-refractivity contribution is -0.292. The van der Waals surface area contributed by atoms with Crippen LogP contribution in [-0.2, 0) is 19.1 Å². The minimum Gasteiger partial charge on any atom is -0.479 e. The third-order valence-electron chi connectivity index (χ3n) is 11.2. The molecule has 4 aliphatic carbocycles. The molecule has 0 bridgehead atoms. The molecule has 5 aliphatic rings. The Morgan fingerprint density at radius 1 is 0.919 bits per heavy atom. The van der Waals surface area contributed by atoms with Gasteiger partial charge in [-0.3, -0.25) is 4.79 Å². The van der Waals surface area contributed by atoms with Gasteiger partial charge in [0.25, 0.3) is 0 Å². The van der Waals surface area contributed by atoms with Crippen LogP contribution in [0.5, 0.6) is 0 Å². The van der Waals surface area contributed by atoms with Crippen LogP contribution in [0.15, 0.2) is 0 Å². The number of Topliss-reactive ketones (excluding diaryl/α,β-unsaturated/α-hetero) is 1. The van der Waals surface area contributed by atoms with Gasteiger partial charge in [0.05, 0.1) is 12.2 Å². The molecule has 1 unspecified atom stereocenters. The molecule has 6 N–H and O–H groups in total. The zero-order chi connectivity index (χ0) is 26.9. The van der Waals surface area contributed by atoms with Gasteiger partial charge in [-0.15, -0.1) is 0 Å². The minimum atomic E-state index is -1.82. The summed E-state index contributed by atoms with van der Waals surface area (Å²) < 4.78 is 10.6. The summed E-state index contributed by atoms with van der Waals surface area (Å²) in [6.07, 6.45) is -2.84. The second-order valence-corrected chi connectivity index (χ2v) is 12.9. The van der Waals surface area contributed by atoms with E-state index in [0.717, 1.165) is 38.5 Å². The Bertz CT molecular complexity index is 896. The van der Waals surface area contributed by atoms with Crippen molar-refractivity contribution in [3.63, 3.8) is 0 Å². The first-order valence-corrected chi connectivity index (χ1v) is 13.8. The maximum absolute atomic E-state index is 13.4. The van der Waals surface area contributed by atoms with Gasteiger partial charge in [0.15, 0.2) is 18.2 Å². The van der Waals surface area contributed by atoms with Gasteiger partial charge in [0, 0.05) is 5.92 Å². The first-order chi connectivity index (χ1) is 17.4. The van der Waals surface area contributed by atoms with E-state index in [4.69, 9.17) is 9.47 Å². The molecule has 4 saturated carbocycles. The lowest BCUT2D eigenvalue weighted by atomic mass is 9.44. The number of rotatable bonds is 5. The standard InChI is InChI=1S/C27H42O10/c1-26-8-7-13(28)9-12(26)3-4-14-15-5-6-16(27(15,2)10-17(29)19(14)26)18(30)11-36-25-22(33)20(31)21(32)23(37-25)24(34)35/h12-17,19-23,25,28-29,31-33H,3-11H2,1-2H3,(H,34,35)/t12-,13+,14-,15-,16+,17+,19+,20-,21-,22+,23-,25?,26-,27-/m0/s1. The summed E-state index contributed by atoms with van der Waals surface area (Å²) in [7, 11) is 0. The van der Waals surface area contributed by atoms with Crippen molar-refractivity contribution in [2.75, 3.05) is 6.61 Å². The predicted octanol–water partition coefficient (Wildman–Crippen LogP) is 0.455. The van der Waals surface area contributed by atoms with E-state index >= 15 is 0 Å².